The molecule has 0 amide bonds. The van der Waals surface area contributed by atoms with Crippen LogP contribution in [0.4, 0.5) is 0 Å². The van der Waals surface area contributed by atoms with Crippen LogP contribution in [0, 0.1) is 13.8 Å². The fourth-order valence-electron chi connectivity index (χ4n) is 6.37. The molecule has 0 radical (unpaired) electrons. The molecule has 2 aliphatic rings. The first kappa shape index (κ1) is 27.5. The Bertz CT molecular complexity index is 1260. The third-order valence-electron chi connectivity index (χ3n) is 8.38. The summed E-state index contributed by atoms with van der Waals surface area (Å²) in [6.07, 6.45) is 11.2. The van der Waals surface area contributed by atoms with Gasteiger partial charge in [0.25, 0.3) is 0 Å². The van der Waals surface area contributed by atoms with Gasteiger partial charge in [0.1, 0.15) is 22.5 Å². The highest BCUT2D eigenvalue weighted by Gasteiger charge is 2.35. The second-order valence-electron chi connectivity index (χ2n) is 11.0. The monoisotopic (exact) mass is 602 g/mol. The van der Waals surface area contributed by atoms with E-state index >= 15 is 0 Å². The van der Waals surface area contributed by atoms with Gasteiger partial charge in [0.05, 0.1) is 23.5 Å². The zero-order valence-corrected chi connectivity index (χ0v) is 25.8. The zero-order valence-electron chi connectivity index (χ0n) is 22.6. The van der Waals surface area contributed by atoms with Crippen molar-refractivity contribution in [3.8, 4) is 0 Å². The molecule has 2 fully saturated rings. The molecule has 4 aromatic heterocycles. The van der Waals surface area contributed by atoms with Gasteiger partial charge < -0.3 is 4.74 Å². The molecule has 0 bridgehead atoms. The number of halogens is 2. The van der Waals surface area contributed by atoms with Gasteiger partial charge in [-0.1, -0.05) is 73.9 Å². The molecule has 9 heteroatoms. The molecule has 2 aliphatic carbocycles. The first-order valence-corrected chi connectivity index (χ1v) is 16.8. The average molecular weight is 604 g/mol. The molecule has 0 N–H and O–H groups in total. The predicted molar refractivity (Wildman–Crippen MR) is 162 cm³/mol. The molecule has 208 valence electrons. The summed E-state index contributed by atoms with van der Waals surface area (Å²) in [6.45, 7) is 4.12. The molecule has 4 aromatic rings. The zero-order chi connectivity index (χ0) is 26.9. The molecule has 39 heavy (non-hydrogen) atoms. The van der Waals surface area contributed by atoms with E-state index in [2.05, 4.69) is 58.2 Å². The Morgan fingerprint density at radius 3 is 1.49 bits per heavy atom. The number of hydrogen-bond donors (Lipinski definition) is 0. The molecule has 0 aromatic carbocycles. The highest BCUT2D eigenvalue weighted by atomic mass is 35.5. The van der Waals surface area contributed by atoms with Crippen LogP contribution >= 0.6 is 45.9 Å². The number of aromatic nitrogens is 4. The second kappa shape index (κ2) is 12.1. The lowest BCUT2D eigenvalue weighted by Crippen LogP contribution is -2.16. The third kappa shape index (κ3) is 5.50. The number of hydrogen-bond acceptors (Lipinski definition) is 5. The first-order valence-electron chi connectivity index (χ1n) is 14.2. The predicted octanol–water partition coefficient (Wildman–Crippen LogP) is 10.0. The molecular formula is C30H36Cl2N4OS2. The standard InChI is InChI=1S/C30H36Cl2N4OS2/c1-19-25(29(31)35(33-19)21-11-5-3-6-12-21)27(23-15-9-17-38-23)37-28(24-16-10-18-39-24)26-20(2)34-36(30(26)32)22-13-7-4-8-14-22/h9-10,15-18,21-22,27-28H,3-8,11-14H2,1-2H3/t27-,28-/m0/s1. The van der Waals surface area contributed by atoms with Crippen molar-refractivity contribution in [2.24, 2.45) is 0 Å². The van der Waals surface area contributed by atoms with Crippen LogP contribution in [0.25, 0.3) is 0 Å². The van der Waals surface area contributed by atoms with Crippen molar-refractivity contribution >= 4 is 45.9 Å². The highest BCUT2D eigenvalue weighted by molar-refractivity contribution is 7.10. The van der Waals surface area contributed by atoms with Crippen molar-refractivity contribution in [3.63, 3.8) is 0 Å². The summed E-state index contributed by atoms with van der Waals surface area (Å²) in [6, 6.07) is 9.11. The highest BCUT2D eigenvalue weighted by Crippen LogP contribution is 2.46. The Labute approximate surface area is 249 Å². The first-order chi connectivity index (χ1) is 19.0. The molecular weight excluding hydrogens is 567 g/mol. The van der Waals surface area contributed by atoms with Crippen molar-refractivity contribution in [3.05, 3.63) is 77.6 Å². The Morgan fingerprint density at radius 1 is 0.718 bits per heavy atom. The van der Waals surface area contributed by atoms with Gasteiger partial charge in [0.2, 0.25) is 0 Å². The van der Waals surface area contributed by atoms with Crippen LogP contribution in [0.15, 0.2) is 35.0 Å². The maximum absolute atomic E-state index is 7.18. The van der Waals surface area contributed by atoms with E-state index in [-0.39, 0.29) is 12.2 Å². The van der Waals surface area contributed by atoms with Gasteiger partial charge in [0, 0.05) is 20.9 Å². The minimum absolute atomic E-state index is 0.348. The van der Waals surface area contributed by atoms with Gasteiger partial charge in [-0.05, 0) is 62.4 Å². The van der Waals surface area contributed by atoms with Crippen LogP contribution in [-0.2, 0) is 4.74 Å². The van der Waals surface area contributed by atoms with Crippen LogP contribution in [0.1, 0.15) is 121 Å². The second-order valence-corrected chi connectivity index (χ2v) is 13.7. The van der Waals surface area contributed by atoms with E-state index in [0.717, 1.165) is 58.0 Å². The van der Waals surface area contributed by atoms with Crippen LogP contribution in [0.5, 0.6) is 0 Å². The largest absolute Gasteiger partial charge is 0.354 e. The number of ether oxygens (including phenoxy) is 1. The molecule has 0 spiro atoms. The lowest BCUT2D eigenvalue weighted by molar-refractivity contribution is 0.0341. The summed E-state index contributed by atoms with van der Waals surface area (Å²) >= 11 is 17.7. The molecule has 5 nitrogen and oxygen atoms in total. The molecule has 2 atom stereocenters. The number of rotatable bonds is 8. The maximum atomic E-state index is 7.18. The molecule has 0 saturated heterocycles. The van der Waals surface area contributed by atoms with Crippen molar-refractivity contribution in [1.29, 1.82) is 0 Å². The smallest absolute Gasteiger partial charge is 0.133 e. The summed E-state index contributed by atoms with van der Waals surface area (Å²) in [5.41, 5.74) is 3.77. The van der Waals surface area contributed by atoms with E-state index in [0.29, 0.717) is 22.4 Å². The Kier molecular flexibility index (Phi) is 8.52. The van der Waals surface area contributed by atoms with Crippen LogP contribution < -0.4 is 0 Å². The van der Waals surface area contributed by atoms with Crippen LogP contribution in [-0.4, -0.2) is 19.6 Å². The van der Waals surface area contributed by atoms with E-state index in [4.69, 9.17) is 38.1 Å². The quantitative estimate of drug-likeness (QED) is 0.201. The molecule has 4 heterocycles. The van der Waals surface area contributed by atoms with E-state index in [9.17, 15) is 0 Å². The van der Waals surface area contributed by atoms with Crippen LogP contribution in [0.2, 0.25) is 10.3 Å². The van der Waals surface area contributed by atoms with E-state index < -0.39 is 0 Å². The van der Waals surface area contributed by atoms with Gasteiger partial charge in [-0.2, -0.15) is 10.2 Å². The number of thiophene rings is 2. The van der Waals surface area contributed by atoms with Gasteiger partial charge in [-0.25, -0.2) is 0 Å². The van der Waals surface area contributed by atoms with Gasteiger partial charge in [-0.15, -0.1) is 22.7 Å². The van der Waals surface area contributed by atoms with E-state index in [1.54, 1.807) is 22.7 Å². The number of nitrogens with zero attached hydrogens (tertiary/aromatic N) is 4. The molecule has 0 aliphatic heterocycles. The minimum atomic E-state index is -0.365. The van der Waals surface area contributed by atoms with Crippen molar-refractivity contribution in [2.45, 2.75) is 102 Å². The van der Waals surface area contributed by atoms with Gasteiger partial charge in [0.15, 0.2) is 0 Å². The van der Waals surface area contributed by atoms with E-state index in [1.165, 1.54) is 38.5 Å². The normalized spacial score (nSPS) is 19.0. The summed E-state index contributed by atoms with van der Waals surface area (Å²) < 4.78 is 11.3. The summed E-state index contributed by atoms with van der Waals surface area (Å²) in [5.74, 6) is 0. The summed E-state index contributed by atoms with van der Waals surface area (Å²) in [4.78, 5) is 2.22. The summed E-state index contributed by atoms with van der Waals surface area (Å²) in [7, 11) is 0. The lowest BCUT2D eigenvalue weighted by atomic mass is 9.95. The summed E-state index contributed by atoms with van der Waals surface area (Å²) in [5, 5.41) is 15.5. The van der Waals surface area contributed by atoms with Crippen LogP contribution in [0.3, 0.4) is 0 Å². The molecule has 6 rings (SSSR count). The van der Waals surface area contributed by atoms with Gasteiger partial charge in [-0.3, -0.25) is 9.36 Å². The van der Waals surface area contributed by atoms with Gasteiger partial charge >= 0.3 is 0 Å². The number of aryl methyl sites for hydroxylation is 2. The minimum Gasteiger partial charge on any atom is -0.354 e. The maximum Gasteiger partial charge on any atom is 0.133 e. The molecule has 0 unspecified atom stereocenters. The molecule has 2 saturated carbocycles. The fraction of sp³-hybridized carbons (Fsp3) is 0.533. The van der Waals surface area contributed by atoms with Crippen molar-refractivity contribution in [2.75, 3.05) is 0 Å². The van der Waals surface area contributed by atoms with Crippen molar-refractivity contribution < 1.29 is 4.74 Å². The lowest BCUT2D eigenvalue weighted by Gasteiger charge is -2.26. The van der Waals surface area contributed by atoms with Crippen molar-refractivity contribution in [1.82, 2.24) is 19.6 Å². The fourth-order valence-corrected chi connectivity index (χ4v) is 8.73. The average Bonchev–Trinajstić information content (AvgIpc) is 3.77. The Morgan fingerprint density at radius 2 is 1.13 bits per heavy atom. The SMILES string of the molecule is Cc1nn(C2CCCCC2)c(Cl)c1[C@@H](O[C@@H](c1cccs1)c1c(C)nn(C2CCCCC2)c1Cl)c1cccs1. The van der Waals surface area contributed by atoms with E-state index in [1.807, 2.05) is 0 Å². The topological polar surface area (TPSA) is 44.9 Å². The third-order valence-corrected chi connectivity index (χ3v) is 11.0. The Hall–Kier alpha value is -1.64. The Balaban J connectivity index is 1.42.